The maximum absolute atomic E-state index is 12.9. The summed E-state index contributed by atoms with van der Waals surface area (Å²) < 4.78 is 12.9. The molecule has 3 rings (SSSR count). The van der Waals surface area contributed by atoms with Gasteiger partial charge in [-0.25, -0.2) is 4.39 Å². The van der Waals surface area contributed by atoms with Crippen LogP contribution in [-0.4, -0.2) is 5.91 Å². The van der Waals surface area contributed by atoms with E-state index in [-0.39, 0.29) is 11.7 Å². The third-order valence-corrected chi connectivity index (χ3v) is 6.23. The van der Waals surface area contributed by atoms with Crippen LogP contribution in [0.2, 0.25) is 10.0 Å². The minimum absolute atomic E-state index is 0.210. The number of carbonyl (C=O) groups excluding carboxylic acids is 1. The van der Waals surface area contributed by atoms with Gasteiger partial charge in [0.1, 0.15) is 10.7 Å². The van der Waals surface area contributed by atoms with Crippen LogP contribution in [-0.2, 0) is 5.75 Å². The van der Waals surface area contributed by atoms with Gasteiger partial charge < -0.3 is 5.32 Å². The van der Waals surface area contributed by atoms with Crippen molar-refractivity contribution >= 4 is 57.9 Å². The van der Waals surface area contributed by atoms with Crippen LogP contribution in [0.25, 0.3) is 0 Å². The molecule has 1 heterocycles. The molecule has 0 bridgehead atoms. The summed E-state index contributed by atoms with van der Waals surface area (Å²) in [7, 11) is 0. The fraction of sp³-hybridized carbons (Fsp3) is 0.0556. The second-order valence-electron chi connectivity index (χ2n) is 5.11. The number of rotatable bonds is 5. The first-order valence-electron chi connectivity index (χ1n) is 7.24. The smallest absolute Gasteiger partial charge is 0.266 e. The predicted octanol–water partition coefficient (Wildman–Crippen LogP) is 6.74. The molecule has 0 saturated carbocycles. The van der Waals surface area contributed by atoms with E-state index in [0.29, 0.717) is 26.4 Å². The molecule has 128 valence electrons. The van der Waals surface area contributed by atoms with Crippen LogP contribution < -0.4 is 5.32 Å². The molecule has 0 atom stereocenters. The molecule has 0 aliphatic carbocycles. The molecule has 0 spiro atoms. The van der Waals surface area contributed by atoms with E-state index in [1.807, 2.05) is 23.6 Å². The molecule has 2 aromatic carbocycles. The van der Waals surface area contributed by atoms with Crippen molar-refractivity contribution in [1.29, 1.82) is 0 Å². The van der Waals surface area contributed by atoms with Crippen molar-refractivity contribution in [2.75, 3.05) is 5.32 Å². The molecule has 0 unspecified atom stereocenters. The molecule has 0 saturated heterocycles. The Morgan fingerprint density at radius 3 is 2.56 bits per heavy atom. The lowest BCUT2D eigenvalue weighted by molar-refractivity contribution is 0.102. The van der Waals surface area contributed by atoms with Crippen LogP contribution in [0.5, 0.6) is 0 Å². The lowest BCUT2D eigenvalue weighted by Gasteiger charge is -2.07. The van der Waals surface area contributed by atoms with E-state index in [4.69, 9.17) is 23.2 Å². The van der Waals surface area contributed by atoms with Crippen LogP contribution in [0.4, 0.5) is 10.1 Å². The number of thioether (sulfide) groups is 1. The fourth-order valence-electron chi connectivity index (χ4n) is 2.09. The zero-order valence-electron chi connectivity index (χ0n) is 12.8. The van der Waals surface area contributed by atoms with Crippen LogP contribution in [0, 0.1) is 5.82 Å². The number of nitrogens with one attached hydrogen (secondary N) is 1. The van der Waals surface area contributed by atoms with Crippen molar-refractivity contribution in [2.24, 2.45) is 0 Å². The standard InChI is InChI=1S/C18H12Cl2FNOS2/c19-14-6-1-11(9-15(14)20)10-25-16-7-8-24-17(16)18(23)22-13-4-2-12(21)3-5-13/h1-9H,10H2,(H,22,23). The molecule has 0 radical (unpaired) electrons. The van der Waals surface area contributed by atoms with E-state index in [2.05, 4.69) is 5.32 Å². The zero-order valence-corrected chi connectivity index (χ0v) is 15.9. The SMILES string of the molecule is O=C(Nc1ccc(F)cc1)c1sccc1SCc1ccc(Cl)c(Cl)c1. The third-order valence-electron chi connectivity index (χ3n) is 3.32. The van der Waals surface area contributed by atoms with Crippen molar-refractivity contribution < 1.29 is 9.18 Å². The number of carbonyl (C=O) groups is 1. The maximum atomic E-state index is 12.9. The minimum atomic E-state index is -0.341. The molecule has 7 heteroatoms. The second-order valence-corrected chi connectivity index (χ2v) is 7.86. The highest BCUT2D eigenvalue weighted by Gasteiger charge is 2.14. The van der Waals surface area contributed by atoms with Gasteiger partial charge in [0.25, 0.3) is 5.91 Å². The summed E-state index contributed by atoms with van der Waals surface area (Å²) in [5.74, 6) is 0.120. The van der Waals surface area contributed by atoms with E-state index >= 15 is 0 Å². The van der Waals surface area contributed by atoms with E-state index in [1.165, 1.54) is 35.6 Å². The molecule has 2 nitrogen and oxygen atoms in total. The third kappa shape index (κ3) is 4.76. The molecule has 1 aromatic heterocycles. The number of anilines is 1. The minimum Gasteiger partial charge on any atom is -0.321 e. The molecule has 1 amide bonds. The van der Waals surface area contributed by atoms with Gasteiger partial charge >= 0.3 is 0 Å². The number of amides is 1. The largest absolute Gasteiger partial charge is 0.321 e. The number of hydrogen-bond donors (Lipinski definition) is 1. The number of thiophene rings is 1. The molecule has 3 aromatic rings. The monoisotopic (exact) mass is 411 g/mol. The van der Waals surface area contributed by atoms with Crippen molar-refractivity contribution in [3.05, 3.63) is 80.2 Å². The first-order valence-corrected chi connectivity index (χ1v) is 9.86. The van der Waals surface area contributed by atoms with Gasteiger partial charge in [0, 0.05) is 16.3 Å². The van der Waals surface area contributed by atoms with Crippen LogP contribution in [0.3, 0.4) is 0 Å². The first-order chi connectivity index (χ1) is 12.0. The van der Waals surface area contributed by atoms with E-state index < -0.39 is 0 Å². The van der Waals surface area contributed by atoms with Gasteiger partial charge in [-0.05, 0) is 53.4 Å². The van der Waals surface area contributed by atoms with Gasteiger partial charge in [0.15, 0.2) is 0 Å². The summed E-state index contributed by atoms with van der Waals surface area (Å²) in [5.41, 5.74) is 1.58. The molecule has 25 heavy (non-hydrogen) atoms. The molecular weight excluding hydrogens is 400 g/mol. The Balaban J connectivity index is 1.68. The number of halogens is 3. The van der Waals surface area contributed by atoms with Gasteiger partial charge in [0.05, 0.1) is 10.0 Å². The highest BCUT2D eigenvalue weighted by molar-refractivity contribution is 7.98. The van der Waals surface area contributed by atoms with Crippen molar-refractivity contribution in [2.45, 2.75) is 10.6 Å². The summed E-state index contributed by atoms with van der Waals surface area (Å²) in [6.07, 6.45) is 0. The average Bonchev–Trinajstić information content (AvgIpc) is 3.07. The Kier molecular flexibility index (Phi) is 6.02. The summed E-state index contributed by atoms with van der Waals surface area (Å²) >= 11 is 14.9. The Bertz CT molecular complexity index is 896. The highest BCUT2D eigenvalue weighted by Crippen LogP contribution is 2.32. The predicted molar refractivity (Wildman–Crippen MR) is 105 cm³/mol. The topological polar surface area (TPSA) is 29.1 Å². The lowest BCUT2D eigenvalue weighted by atomic mass is 10.2. The molecule has 0 aliphatic rings. The number of benzene rings is 2. The summed E-state index contributed by atoms with van der Waals surface area (Å²) in [5, 5.41) is 5.68. The number of hydrogen-bond acceptors (Lipinski definition) is 3. The second kappa shape index (κ2) is 8.23. The van der Waals surface area contributed by atoms with E-state index in [9.17, 15) is 9.18 Å². The van der Waals surface area contributed by atoms with Crippen LogP contribution >= 0.6 is 46.3 Å². The maximum Gasteiger partial charge on any atom is 0.266 e. The summed E-state index contributed by atoms with van der Waals surface area (Å²) in [6, 6.07) is 13.1. The van der Waals surface area contributed by atoms with E-state index in [0.717, 1.165) is 10.5 Å². The Morgan fingerprint density at radius 2 is 1.84 bits per heavy atom. The average molecular weight is 412 g/mol. The van der Waals surface area contributed by atoms with Gasteiger partial charge in [-0.2, -0.15) is 0 Å². The summed E-state index contributed by atoms with van der Waals surface area (Å²) in [6.45, 7) is 0. The van der Waals surface area contributed by atoms with Crippen LogP contribution in [0.15, 0.2) is 58.8 Å². The van der Waals surface area contributed by atoms with E-state index in [1.54, 1.807) is 17.8 Å². The lowest BCUT2D eigenvalue weighted by Crippen LogP contribution is -2.11. The zero-order chi connectivity index (χ0) is 17.8. The molecule has 0 aliphatic heterocycles. The molecule has 0 fully saturated rings. The van der Waals surface area contributed by atoms with Gasteiger partial charge in [-0.1, -0.05) is 29.3 Å². The Hall–Kier alpha value is -1.53. The quantitative estimate of drug-likeness (QED) is 0.470. The summed E-state index contributed by atoms with van der Waals surface area (Å²) in [4.78, 5) is 13.9. The van der Waals surface area contributed by atoms with Gasteiger partial charge in [0.2, 0.25) is 0 Å². The van der Waals surface area contributed by atoms with Crippen molar-refractivity contribution in [3.8, 4) is 0 Å². The molecule has 1 N–H and O–H groups in total. The van der Waals surface area contributed by atoms with Crippen LogP contribution in [0.1, 0.15) is 15.2 Å². The van der Waals surface area contributed by atoms with Crippen molar-refractivity contribution in [1.82, 2.24) is 0 Å². The molecular formula is C18H12Cl2FNOS2. The normalized spacial score (nSPS) is 10.7. The highest BCUT2D eigenvalue weighted by atomic mass is 35.5. The fourth-order valence-corrected chi connectivity index (χ4v) is 4.39. The van der Waals surface area contributed by atoms with Crippen molar-refractivity contribution in [3.63, 3.8) is 0 Å². The Morgan fingerprint density at radius 1 is 1.08 bits per heavy atom. The van der Waals surface area contributed by atoms with Gasteiger partial charge in [-0.3, -0.25) is 4.79 Å². The first kappa shape index (κ1) is 18.3. The van der Waals surface area contributed by atoms with Gasteiger partial charge in [-0.15, -0.1) is 23.1 Å². The Labute approximate surface area is 163 Å².